The fraction of sp³-hybridized carbons (Fsp3) is 0.265. The van der Waals surface area contributed by atoms with Gasteiger partial charge < -0.3 is 23.8 Å². The van der Waals surface area contributed by atoms with E-state index < -0.39 is 5.97 Å². The lowest BCUT2D eigenvalue weighted by atomic mass is 10.1. The number of carbonyl (C=O) groups excluding carboxylic acids is 1. The van der Waals surface area contributed by atoms with Gasteiger partial charge in [-0.05, 0) is 41.9 Å². The Bertz CT molecular complexity index is 1250. The smallest absolute Gasteiger partial charge is 0.338 e. The maximum Gasteiger partial charge on any atom is 0.338 e. The molecule has 4 rings (SSSR count). The van der Waals surface area contributed by atoms with Crippen LogP contribution in [0.2, 0.25) is 0 Å². The quantitative estimate of drug-likeness (QED) is 0.138. The number of likely N-dealkylation sites (N-methyl/N-ethyl adjacent to an activating group) is 1. The van der Waals surface area contributed by atoms with E-state index in [2.05, 4.69) is 18.7 Å². The average molecular weight is 576 g/mol. The Kier molecular flexibility index (Phi) is 13.0. The van der Waals surface area contributed by atoms with E-state index in [0.29, 0.717) is 55.8 Å². The van der Waals surface area contributed by atoms with E-state index in [4.69, 9.17) is 18.9 Å². The SMILES string of the molecule is CCN(CC)CCOC(=O)c1cc(OCc2ccccc2)c(OCc2ccccc2)c(OCc2ccccc2)c1.Cl. The molecule has 0 saturated heterocycles. The van der Waals surface area contributed by atoms with Crippen molar-refractivity contribution in [2.45, 2.75) is 33.7 Å². The summed E-state index contributed by atoms with van der Waals surface area (Å²) in [5.41, 5.74) is 3.34. The molecule has 0 amide bonds. The molecule has 0 atom stereocenters. The number of nitrogens with zero attached hydrogens (tertiary/aromatic N) is 1. The molecule has 0 spiro atoms. The lowest BCUT2D eigenvalue weighted by Crippen LogP contribution is -2.27. The van der Waals surface area contributed by atoms with Crippen LogP contribution < -0.4 is 14.2 Å². The molecular weight excluding hydrogens is 538 g/mol. The maximum absolute atomic E-state index is 13.2. The minimum atomic E-state index is -0.434. The highest BCUT2D eigenvalue weighted by atomic mass is 35.5. The highest BCUT2D eigenvalue weighted by molar-refractivity contribution is 5.91. The van der Waals surface area contributed by atoms with Crippen molar-refractivity contribution in [3.8, 4) is 17.2 Å². The second-order valence-corrected chi connectivity index (χ2v) is 9.29. The van der Waals surface area contributed by atoms with Crippen LogP contribution in [-0.4, -0.2) is 37.1 Å². The summed E-state index contributed by atoms with van der Waals surface area (Å²) in [5, 5.41) is 0. The number of hydrogen-bond donors (Lipinski definition) is 0. The Hall–Kier alpha value is -4.00. The van der Waals surface area contributed by atoms with Crippen LogP contribution in [0.15, 0.2) is 103 Å². The van der Waals surface area contributed by atoms with Gasteiger partial charge in [0.05, 0.1) is 5.56 Å². The van der Waals surface area contributed by atoms with Gasteiger partial charge in [0.25, 0.3) is 0 Å². The molecule has 6 nitrogen and oxygen atoms in total. The van der Waals surface area contributed by atoms with Crippen LogP contribution in [0.4, 0.5) is 0 Å². The molecule has 4 aromatic carbocycles. The number of rotatable bonds is 15. The Morgan fingerprint density at radius 2 is 1.05 bits per heavy atom. The number of esters is 1. The highest BCUT2D eigenvalue weighted by Gasteiger charge is 2.21. The van der Waals surface area contributed by atoms with Crippen molar-refractivity contribution >= 4 is 18.4 Å². The first kappa shape index (κ1) is 31.5. The molecule has 0 saturated carbocycles. The molecule has 0 aromatic heterocycles. The molecule has 0 aliphatic rings. The van der Waals surface area contributed by atoms with Gasteiger partial charge in [0.1, 0.15) is 26.4 Å². The van der Waals surface area contributed by atoms with Crippen LogP contribution in [0.5, 0.6) is 17.2 Å². The third-order valence-electron chi connectivity index (χ3n) is 6.49. The van der Waals surface area contributed by atoms with E-state index >= 15 is 0 Å². The van der Waals surface area contributed by atoms with Crippen molar-refractivity contribution in [1.82, 2.24) is 4.90 Å². The highest BCUT2D eigenvalue weighted by Crippen LogP contribution is 2.40. The molecule has 0 fully saturated rings. The minimum Gasteiger partial charge on any atom is -0.485 e. The zero-order valence-electron chi connectivity index (χ0n) is 23.7. The van der Waals surface area contributed by atoms with Crippen LogP contribution in [0.1, 0.15) is 40.9 Å². The molecule has 0 radical (unpaired) electrons. The van der Waals surface area contributed by atoms with Crippen LogP contribution in [0.3, 0.4) is 0 Å². The fourth-order valence-corrected chi connectivity index (χ4v) is 4.14. The molecule has 0 N–H and O–H groups in total. The van der Waals surface area contributed by atoms with Crippen molar-refractivity contribution < 1.29 is 23.7 Å². The summed E-state index contributed by atoms with van der Waals surface area (Å²) in [4.78, 5) is 15.4. The number of ether oxygens (including phenoxy) is 4. The van der Waals surface area contributed by atoms with E-state index in [1.165, 1.54) is 0 Å². The van der Waals surface area contributed by atoms with Crippen LogP contribution >= 0.6 is 12.4 Å². The summed E-state index contributed by atoms with van der Waals surface area (Å²) in [5.74, 6) is 0.841. The lowest BCUT2D eigenvalue weighted by Gasteiger charge is -2.20. The number of hydrogen-bond acceptors (Lipinski definition) is 6. The van der Waals surface area contributed by atoms with Gasteiger partial charge in [-0.1, -0.05) is 105 Å². The summed E-state index contributed by atoms with van der Waals surface area (Å²) in [6.07, 6.45) is 0. The van der Waals surface area contributed by atoms with Gasteiger partial charge in [0.15, 0.2) is 11.5 Å². The second-order valence-electron chi connectivity index (χ2n) is 9.29. The Morgan fingerprint density at radius 3 is 1.46 bits per heavy atom. The lowest BCUT2D eigenvalue weighted by molar-refractivity contribution is 0.0465. The summed E-state index contributed by atoms with van der Waals surface area (Å²) in [7, 11) is 0. The summed E-state index contributed by atoms with van der Waals surface area (Å²) < 4.78 is 24.4. The molecule has 0 bridgehead atoms. The van der Waals surface area contributed by atoms with Crippen molar-refractivity contribution in [2.24, 2.45) is 0 Å². The number of carbonyl (C=O) groups is 1. The Balaban J connectivity index is 0.00000462. The van der Waals surface area contributed by atoms with E-state index in [1.54, 1.807) is 12.1 Å². The normalized spacial score (nSPS) is 10.5. The predicted molar refractivity (Wildman–Crippen MR) is 164 cm³/mol. The van der Waals surface area contributed by atoms with Crippen LogP contribution in [-0.2, 0) is 24.6 Å². The third kappa shape index (κ3) is 9.85. The monoisotopic (exact) mass is 575 g/mol. The standard InChI is InChI=1S/C34H37NO5.ClH/c1-3-35(4-2)20-21-37-34(36)30-22-31(38-24-27-14-8-5-9-15-27)33(40-26-29-18-12-7-13-19-29)32(23-30)39-25-28-16-10-6-11-17-28;/h5-19,22-23H,3-4,20-21,24-26H2,1-2H3;1H. The average Bonchev–Trinajstić information content (AvgIpc) is 3.01. The van der Waals surface area contributed by atoms with Gasteiger partial charge in [-0.25, -0.2) is 4.79 Å². The molecule has 0 heterocycles. The maximum atomic E-state index is 13.2. The van der Waals surface area contributed by atoms with Gasteiger partial charge in [-0.2, -0.15) is 0 Å². The largest absolute Gasteiger partial charge is 0.485 e. The van der Waals surface area contributed by atoms with Crippen molar-refractivity contribution in [3.63, 3.8) is 0 Å². The van der Waals surface area contributed by atoms with Crippen molar-refractivity contribution in [2.75, 3.05) is 26.2 Å². The molecule has 41 heavy (non-hydrogen) atoms. The van der Waals surface area contributed by atoms with E-state index in [-0.39, 0.29) is 12.4 Å². The summed E-state index contributed by atoms with van der Waals surface area (Å²) in [6, 6.07) is 33.0. The van der Waals surface area contributed by atoms with Gasteiger partial charge in [0, 0.05) is 6.54 Å². The number of halogens is 1. The molecule has 0 aliphatic heterocycles. The minimum absolute atomic E-state index is 0. The van der Waals surface area contributed by atoms with Crippen molar-refractivity contribution in [1.29, 1.82) is 0 Å². The molecule has 216 valence electrons. The Morgan fingerprint density at radius 1 is 0.634 bits per heavy atom. The topological polar surface area (TPSA) is 57.2 Å². The molecule has 0 unspecified atom stereocenters. The van der Waals surface area contributed by atoms with Crippen molar-refractivity contribution in [3.05, 3.63) is 125 Å². The van der Waals surface area contributed by atoms with E-state index in [1.807, 2.05) is 91.0 Å². The number of benzene rings is 4. The summed E-state index contributed by atoms with van der Waals surface area (Å²) in [6.45, 7) is 7.88. The Labute approximate surface area is 249 Å². The predicted octanol–water partition coefficient (Wildman–Crippen LogP) is 7.34. The van der Waals surface area contributed by atoms with Gasteiger partial charge in [-0.3, -0.25) is 0 Å². The van der Waals surface area contributed by atoms with Gasteiger partial charge in [0.2, 0.25) is 5.75 Å². The molecule has 7 heteroatoms. The van der Waals surface area contributed by atoms with Gasteiger partial charge >= 0.3 is 5.97 Å². The molecule has 4 aromatic rings. The van der Waals surface area contributed by atoms with Gasteiger partial charge in [-0.15, -0.1) is 12.4 Å². The van der Waals surface area contributed by atoms with E-state index in [0.717, 1.165) is 29.8 Å². The van der Waals surface area contributed by atoms with Crippen LogP contribution in [0.25, 0.3) is 0 Å². The fourth-order valence-electron chi connectivity index (χ4n) is 4.14. The first-order valence-electron chi connectivity index (χ1n) is 13.7. The summed E-state index contributed by atoms with van der Waals surface area (Å²) >= 11 is 0. The first-order valence-corrected chi connectivity index (χ1v) is 13.7. The third-order valence-corrected chi connectivity index (χ3v) is 6.49. The first-order chi connectivity index (χ1) is 19.7. The van der Waals surface area contributed by atoms with Crippen LogP contribution in [0, 0.1) is 0 Å². The zero-order valence-corrected chi connectivity index (χ0v) is 24.5. The second kappa shape index (κ2) is 17.0. The molecular formula is C34H38ClNO5. The zero-order chi connectivity index (χ0) is 28.0. The molecule has 0 aliphatic carbocycles. The van der Waals surface area contributed by atoms with E-state index in [9.17, 15) is 4.79 Å².